The third kappa shape index (κ3) is 4.59. The molecule has 0 saturated heterocycles. The van der Waals surface area contributed by atoms with Crippen molar-refractivity contribution in [1.82, 2.24) is 20.4 Å². The number of hydrogen-bond donors (Lipinski definition) is 2. The Morgan fingerprint density at radius 1 is 1.14 bits per heavy atom. The Labute approximate surface area is 139 Å². The number of anilines is 2. The standard InChI is InChI=1S/C9H12N6O3S4/c1-4(2)19-8-13-12-7(20-8)15-22(17,18)9-14-11-6(21-9)10-5(3)16/h4H,1-3H3,(H,12,15)(H,10,11,16). The monoisotopic (exact) mass is 380 g/mol. The Morgan fingerprint density at radius 3 is 2.45 bits per heavy atom. The van der Waals surface area contributed by atoms with Gasteiger partial charge in [0.05, 0.1) is 0 Å². The van der Waals surface area contributed by atoms with E-state index in [-0.39, 0.29) is 20.5 Å². The highest BCUT2D eigenvalue weighted by Gasteiger charge is 2.22. The number of amides is 1. The zero-order chi connectivity index (χ0) is 16.3. The second kappa shape index (κ2) is 6.85. The Bertz CT molecular complexity index is 768. The summed E-state index contributed by atoms with van der Waals surface area (Å²) >= 11 is 3.38. The molecule has 2 heterocycles. The molecule has 9 nitrogen and oxygen atoms in total. The van der Waals surface area contributed by atoms with E-state index in [1.807, 2.05) is 13.8 Å². The van der Waals surface area contributed by atoms with Gasteiger partial charge in [0.25, 0.3) is 14.4 Å². The van der Waals surface area contributed by atoms with Crippen LogP contribution in [0.25, 0.3) is 0 Å². The van der Waals surface area contributed by atoms with Crippen LogP contribution in [-0.2, 0) is 14.8 Å². The number of carbonyl (C=O) groups excluding carboxylic acids is 1. The van der Waals surface area contributed by atoms with Crippen molar-refractivity contribution < 1.29 is 13.2 Å². The fraction of sp³-hybridized carbons (Fsp3) is 0.444. The zero-order valence-electron chi connectivity index (χ0n) is 11.7. The molecule has 0 unspecified atom stereocenters. The van der Waals surface area contributed by atoms with E-state index in [2.05, 4.69) is 30.4 Å². The summed E-state index contributed by atoms with van der Waals surface area (Å²) in [7, 11) is -3.90. The molecular formula is C9H12N6O3S4. The van der Waals surface area contributed by atoms with E-state index in [4.69, 9.17) is 0 Å². The minimum absolute atomic E-state index is 0.112. The average molecular weight is 381 g/mol. The fourth-order valence-electron chi connectivity index (χ4n) is 1.18. The van der Waals surface area contributed by atoms with E-state index in [9.17, 15) is 13.2 Å². The molecule has 1 amide bonds. The summed E-state index contributed by atoms with van der Waals surface area (Å²) in [5, 5.41) is 17.8. The lowest BCUT2D eigenvalue weighted by Gasteiger charge is -1.99. The Kier molecular flexibility index (Phi) is 5.31. The van der Waals surface area contributed by atoms with E-state index in [0.29, 0.717) is 9.59 Å². The van der Waals surface area contributed by atoms with Gasteiger partial charge in [0.2, 0.25) is 16.2 Å². The van der Waals surface area contributed by atoms with E-state index in [1.165, 1.54) is 18.7 Å². The molecule has 2 rings (SSSR count). The molecule has 2 N–H and O–H groups in total. The van der Waals surface area contributed by atoms with Crippen molar-refractivity contribution in [3.63, 3.8) is 0 Å². The SMILES string of the molecule is CC(=O)Nc1nnc(S(=O)(=O)Nc2nnc(SC(C)C)s2)s1. The first-order valence-corrected chi connectivity index (χ1v) is 9.90. The Balaban J connectivity index is 2.12. The van der Waals surface area contributed by atoms with Gasteiger partial charge < -0.3 is 5.32 Å². The number of aromatic nitrogens is 4. The Hall–Kier alpha value is -1.31. The van der Waals surface area contributed by atoms with Gasteiger partial charge >= 0.3 is 0 Å². The summed E-state index contributed by atoms with van der Waals surface area (Å²) in [5.74, 6) is -0.354. The van der Waals surface area contributed by atoms with Crippen LogP contribution in [0.3, 0.4) is 0 Å². The van der Waals surface area contributed by atoms with Gasteiger partial charge in [-0.25, -0.2) is 0 Å². The molecular weight excluding hydrogens is 368 g/mol. The van der Waals surface area contributed by atoms with Gasteiger partial charge in [-0.2, -0.15) is 8.42 Å². The van der Waals surface area contributed by atoms with E-state index < -0.39 is 10.0 Å². The van der Waals surface area contributed by atoms with Gasteiger partial charge in [-0.05, 0) is 0 Å². The molecule has 0 aliphatic heterocycles. The van der Waals surface area contributed by atoms with Gasteiger partial charge in [-0.15, -0.1) is 20.4 Å². The quantitative estimate of drug-likeness (QED) is 0.572. The van der Waals surface area contributed by atoms with Crippen LogP contribution in [0.15, 0.2) is 8.68 Å². The molecule has 0 bridgehead atoms. The maximum atomic E-state index is 12.1. The molecule has 22 heavy (non-hydrogen) atoms. The van der Waals surface area contributed by atoms with Crippen molar-refractivity contribution in [2.24, 2.45) is 0 Å². The number of hydrogen-bond acceptors (Lipinski definition) is 10. The molecule has 13 heteroatoms. The highest BCUT2D eigenvalue weighted by Crippen LogP contribution is 2.30. The molecule has 0 fully saturated rings. The Morgan fingerprint density at radius 2 is 1.82 bits per heavy atom. The third-order valence-electron chi connectivity index (χ3n) is 1.88. The first kappa shape index (κ1) is 17.1. The molecule has 0 aliphatic rings. The summed E-state index contributed by atoms with van der Waals surface area (Å²) in [6.07, 6.45) is 0. The molecule has 0 aliphatic carbocycles. The van der Waals surface area contributed by atoms with Gasteiger partial charge in [-0.1, -0.05) is 48.3 Å². The van der Waals surface area contributed by atoms with Crippen molar-refractivity contribution >= 4 is 60.6 Å². The van der Waals surface area contributed by atoms with Crippen LogP contribution < -0.4 is 10.0 Å². The first-order valence-electron chi connectivity index (χ1n) is 5.90. The van der Waals surface area contributed by atoms with E-state index in [1.54, 1.807) is 0 Å². The molecule has 2 aromatic rings. The average Bonchev–Trinajstić information content (AvgIpc) is 2.97. The van der Waals surface area contributed by atoms with Crippen molar-refractivity contribution in [3.8, 4) is 0 Å². The van der Waals surface area contributed by atoms with Gasteiger partial charge in [0, 0.05) is 12.2 Å². The lowest BCUT2D eigenvalue weighted by atomic mass is 10.6. The summed E-state index contributed by atoms with van der Waals surface area (Å²) in [4.78, 5) is 10.9. The molecule has 0 spiro atoms. The van der Waals surface area contributed by atoms with Crippen LogP contribution >= 0.6 is 34.4 Å². The second-order valence-electron chi connectivity index (χ2n) is 4.20. The number of nitrogens with one attached hydrogen (secondary N) is 2. The fourth-order valence-corrected chi connectivity index (χ4v) is 5.33. The first-order chi connectivity index (χ1) is 10.3. The summed E-state index contributed by atoms with van der Waals surface area (Å²) < 4.78 is 27.0. The topological polar surface area (TPSA) is 127 Å². The number of carbonyl (C=O) groups is 1. The summed E-state index contributed by atoms with van der Waals surface area (Å²) in [6.45, 7) is 5.30. The van der Waals surface area contributed by atoms with Crippen molar-refractivity contribution in [2.45, 2.75) is 34.7 Å². The van der Waals surface area contributed by atoms with Crippen LogP contribution in [0.2, 0.25) is 0 Å². The smallest absolute Gasteiger partial charge is 0.293 e. The zero-order valence-corrected chi connectivity index (χ0v) is 15.0. The van der Waals surface area contributed by atoms with Crippen molar-refractivity contribution in [1.29, 1.82) is 0 Å². The van der Waals surface area contributed by atoms with Crippen LogP contribution in [-0.4, -0.2) is 40.0 Å². The normalized spacial score (nSPS) is 11.6. The van der Waals surface area contributed by atoms with Gasteiger partial charge in [0.15, 0.2) is 4.34 Å². The molecule has 0 saturated carbocycles. The van der Waals surface area contributed by atoms with Crippen LogP contribution in [0.5, 0.6) is 0 Å². The van der Waals surface area contributed by atoms with Crippen LogP contribution in [0.4, 0.5) is 10.3 Å². The third-order valence-corrected chi connectivity index (χ3v) is 6.48. The van der Waals surface area contributed by atoms with E-state index >= 15 is 0 Å². The molecule has 0 aromatic carbocycles. The highest BCUT2D eigenvalue weighted by atomic mass is 32.2. The molecule has 0 atom stereocenters. The maximum Gasteiger partial charge on any atom is 0.293 e. The minimum atomic E-state index is -3.90. The second-order valence-corrected chi connectivity index (χ2v) is 9.83. The van der Waals surface area contributed by atoms with Crippen LogP contribution in [0, 0.1) is 0 Å². The molecule has 2 aromatic heterocycles. The largest absolute Gasteiger partial charge is 0.301 e. The molecule has 0 radical (unpaired) electrons. The predicted molar refractivity (Wildman–Crippen MR) is 85.9 cm³/mol. The van der Waals surface area contributed by atoms with Gasteiger partial charge in [-0.3, -0.25) is 9.52 Å². The number of sulfonamides is 1. The maximum absolute atomic E-state index is 12.1. The summed E-state index contributed by atoms with van der Waals surface area (Å²) in [5.41, 5.74) is 0. The lowest BCUT2D eigenvalue weighted by Crippen LogP contribution is -2.12. The number of nitrogens with zero attached hydrogens (tertiary/aromatic N) is 4. The van der Waals surface area contributed by atoms with Gasteiger partial charge in [0.1, 0.15) is 0 Å². The predicted octanol–water partition coefficient (Wildman–Crippen LogP) is 1.65. The summed E-state index contributed by atoms with van der Waals surface area (Å²) in [6, 6.07) is 0. The number of rotatable bonds is 6. The van der Waals surface area contributed by atoms with Crippen molar-refractivity contribution in [3.05, 3.63) is 0 Å². The lowest BCUT2D eigenvalue weighted by molar-refractivity contribution is -0.114. The van der Waals surface area contributed by atoms with Crippen LogP contribution in [0.1, 0.15) is 20.8 Å². The van der Waals surface area contributed by atoms with Crippen molar-refractivity contribution in [2.75, 3.05) is 10.0 Å². The molecule has 120 valence electrons. The highest BCUT2D eigenvalue weighted by molar-refractivity contribution is 8.01. The minimum Gasteiger partial charge on any atom is -0.301 e. The van der Waals surface area contributed by atoms with E-state index in [0.717, 1.165) is 22.7 Å². The number of thioether (sulfide) groups is 1.